The third kappa shape index (κ3) is 3.41. The molecule has 1 aliphatic rings. The van der Waals surface area contributed by atoms with Gasteiger partial charge in [-0.05, 0) is 25.0 Å². The molecule has 0 aliphatic carbocycles. The van der Waals surface area contributed by atoms with E-state index in [0.29, 0.717) is 38.3 Å². The second-order valence-electron chi connectivity index (χ2n) is 5.71. The van der Waals surface area contributed by atoms with E-state index in [2.05, 4.69) is 26.3 Å². The van der Waals surface area contributed by atoms with Gasteiger partial charge >= 0.3 is 0 Å². The fourth-order valence-electron chi connectivity index (χ4n) is 2.59. The fourth-order valence-corrected chi connectivity index (χ4v) is 2.59. The molecule has 1 aliphatic heterocycles. The van der Waals surface area contributed by atoms with Crippen LogP contribution in [-0.2, 0) is 4.74 Å². The Kier molecular flexibility index (Phi) is 4.53. The summed E-state index contributed by atoms with van der Waals surface area (Å²) >= 11 is 0. The topological polar surface area (TPSA) is 110 Å². The van der Waals surface area contributed by atoms with Gasteiger partial charge in [-0.1, -0.05) is 0 Å². The predicted molar refractivity (Wildman–Crippen MR) is 86.2 cm³/mol. The molecule has 0 aromatic carbocycles. The fraction of sp³-hybridized carbons (Fsp3) is 0.375. The predicted octanol–water partition coefficient (Wildman–Crippen LogP) is 1.99. The van der Waals surface area contributed by atoms with Gasteiger partial charge < -0.3 is 15.8 Å². The highest BCUT2D eigenvalue weighted by Gasteiger charge is 2.32. The molecule has 0 radical (unpaired) electrons. The van der Waals surface area contributed by atoms with Crippen LogP contribution in [0.4, 0.5) is 16.0 Å². The van der Waals surface area contributed by atoms with Gasteiger partial charge in [0.05, 0.1) is 23.4 Å². The second-order valence-corrected chi connectivity index (χ2v) is 5.71. The summed E-state index contributed by atoms with van der Waals surface area (Å²) < 4.78 is 19.2. The number of pyridine rings is 1. The number of hydrogen-bond acceptors (Lipinski definition) is 7. The number of nitrogen functional groups attached to an aromatic ring is 1. The molecule has 1 saturated heterocycles. The quantitative estimate of drug-likeness (QED) is 0.883. The van der Waals surface area contributed by atoms with Crippen molar-refractivity contribution in [2.75, 3.05) is 30.8 Å². The van der Waals surface area contributed by atoms with Crippen LogP contribution in [0.3, 0.4) is 0 Å². The number of nitrogens with two attached hydrogens (primary N) is 1. The van der Waals surface area contributed by atoms with Gasteiger partial charge in [-0.2, -0.15) is 5.26 Å². The van der Waals surface area contributed by atoms with E-state index in [-0.39, 0.29) is 11.6 Å². The standard InChI is InChI=1S/C16H17FN6O/c17-12-8-21-15(19)23-14(12)13-7-11(1-4-20-13)22-10-16(9-18)2-5-24-6-3-16/h1,4,7-8H,2-3,5-6,10H2,(H,20,22)(H2,19,21,23). The molecule has 124 valence electrons. The first-order valence-corrected chi connectivity index (χ1v) is 7.59. The Balaban J connectivity index is 1.78. The van der Waals surface area contributed by atoms with E-state index in [1.54, 1.807) is 18.3 Å². The monoisotopic (exact) mass is 328 g/mol. The summed E-state index contributed by atoms with van der Waals surface area (Å²) in [7, 11) is 0. The van der Waals surface area contributed by atoms with Gasteiger partial charge in [-0.15, -0.1) is 0 Å². The maximum atomic E-state index is 13.9. The molecule has 0 bridgehead atoms. The Hall–Kier alpha value is -2.79. The molecule has 3 rings (SSSR count). The molecule has 2 aromatic heterocycles. The maximum Gasteiger partial charge on any atom is 0.220 e. The van der Waals surface area contributed by atoms with E-state index in [0.717, 1.165) is 11.9 Å². The Morgan fingerprint density at radius 2 is 2.17 bits per heavy atom. The first-order valence-electron chi connectivity index (χ1n) is 7.59. The lowest BCUT2D eigenvalue weighted by atomic mass is 9.81. The van der Waals surface area contributed by atoms with Crippen molar-refractivity contribution >= 4 is 11.6 Å². The summed E-state index contributed by atoms with van der Waals surface area (Å²) in [5, 5.41) is 12.7. The van der Waals surface area contributed by atoms with Gasteiger partial charge in [0.1, 0.15) is 5.69 Å². The Morgan fingerprint density at radius 3 is 2.92 bits per heavy atom. The van der Waals surface area contributed by atoms with E-state index in [1.165, 1.54) is 0 Å². The molecule has 3 heterocycles. The Morgan fingerprint density at radius 1 is 1.38 bits per heavy atom. The normalized spacial score (nSPS) is 16.3. The van der Waals surface area contributed by atoms with Gasteiger partial charge in [-0.25, -0.2) is 14.4 Å². The van der Waals surface area contributed by atoms with Crippen molar-refractivity contribution in [2.45, 2.75) is 12.8 Å². The minimum absolute atomic E-state index is 0.0165. The number of aromatic nitrogens is 3. The number of halogens is 1. The second kappa shape index (κ2) is 6.76. The third-order valence-corrected chi connectivity index (χ3v) is 4.08. The molecule has 0 saturated carbocycles. The lowest BCUT2D eigenvalue weighted by molar-refractivity contribution is 0.0456. The molecular formula is C16H17FN6O. The highest BCUT2D eigenvalue weighted by molar-refractivity contribution is 5.61. The van der Waals surface area contributed by atoms with Crippen LogP contribution in [0, 0.1) is 22.6 Å². The van der Waals surface area contributed by atoms with Crippen LogP contribution in [0.5, 0.6) is 0 Å². The number of anilines is 2. The minimum Gasteiger partial charge on any atom is -0.383 e. The van der Waals surface area contributed by atoms with E-state index >= 15 is 0 Å². The first kappa shape index (κ1) is 16.1. The molecule has 0 atom stereocenters. The summed E-state index contributed by atoms with van der Waals surface area (Å²) in [6.45, 7) is 1.66. The summed E-state index contributed by atoms with van der Waals surface area (Å²) in [5.41, 5.74) is 6.20. The highest BCUT2D eigenvalue weighted by Crippen LogP contribution is 2.30. The van der Waals surface area contributed by atoms with Crippen LogP contribution in [0.2, 0.25) is 0 Å². The number of ether oxygens (including phenoxy) is 1. The van der Waals surface area contributed by atoms with Crippen molar-refractivity contribution in [3.63, 3.8) is 0 Å². The van der Waals surface area contributed by atoms with Gasteiger partial charge in [0.2, 0.25) is 5.95 Å². The van der Waals surface area contributed by atoms with Crippen LogP contribution in [0.25, 0.3) is 11.4 Å². The molecule has 3 N–H and O–H groups in total. The van der Waals surface area contributed by atoms with E-state index < -0.39 is 11.2 Å². The average molecular weight is 328 g/mol. The lowest BCUT2D eigenvalue weighted by Crippen LogP contribution is -2.34. The van der Waals surface area contributed by atoms with Gasteiger partial charge in [0.15, 0.2) is 5.82 Å². The zero-order chi connectivity index (χ0) is 17.0. The molecule has 2 aromatic rings. The molecular weight excluding hydrogens is 311 g/mol. The largest absolute Gasteiger partial charge is 0.383 e. The van der Waals surface area contributed by atoms with Crippen molar-refractivity contribution in [2.24, 2.45) is 5.41 Å². The SMILES string of the molecule is N#CC1(CNc2ccnc(-c3nc(N)ncc3F)c2)CCOCC1. The Bertz CT molecular complexity index is 769. The number of hydrogen-bond donors (Lipinski definition) is 2. The van der Waals surface area contributed by atoms with Crippen LogP contribution < -0.4 is 11.1 Å². The van der Waals surface area contributed by atoms with Crippen molar-refractivity contribution in [3.8, 4) is 17.5 Å². The van der Waals surface area contributed by atoms with Crippen molar-refractivity contribution in [3.05, 3.63) is 30.3 Å². The smallest absolute Gasteiger partial charge is 0.220 e. The molecule has 1 fully saturated rings. The Labute approximate surface area is 138 Å². The minimum atomic E-state index is -0.591. The third-order valence-electron chi connectivity index (χ3n) is 4.08. The van der Waals surface area contributed by atoms with E-state index in [1.807, 2.05) is 0 Å². The van der Waals surface area contributed by atoms with E-state index in [4.69, 9.17) is 10.5 Å². The maximum absolute atomic E-state index is 13.9. The molecule has 0 unspecified atom stereocenters. The van der Waals surface area contributed by atoms with Crippen LogP contribution >= 0.6 is 0 Å². The molecule has 7 nitrogen and oxygen atoms in total. The highest BCUT2D eigenvalue weighted by atomic mass is 19.1. The number of rotatable bonds is 4. The molecule has 0 amide bonds. The number of nitriles is 1. The lowest BCUT2D eigenvalue weighted by Gasteiger charge is -2.31. The summed E-state index contributed by atoms with van der Waals surface area (Å²) in [4.78, 5) is 11.6. The van der Waals surface area contributed by atoms with Gasteiger partial charge in [0.25, 0.3) is 0 Å². The van der Waals surface area contributed by atoms with Gasteiger partial charge in [0, 0.05) is 31.6 Å². The molecule has 24 heavy (non-hydrogen) atoms. The zero-order valence-electron chi connectivity index (χ0n) is 13.0. The molecule has 0 spiro atoms. The van der Waals surface area contributed by atoms with Crippen molar-refractivity contribution in [1.29, 1.82) is 5.26 Å². The molecule has 8 heteroatoms. The van der Waals surface area contributed by atoms with Crippen LogP contribution in [0.1, 0.15) is 12.8 Å². The summed E-state index contributed by atoms with van der Waals surface area (Å²) in [6, 6.07) is 5.83. The van der Waals surface area contributed by atoms with E-state index in [9.17, 15) is 9.65 Å². The van der Waals surface area contributed by atoms with Gasteiger partial charge in [-0.3, -0.25) is 4.98 Å². The van der Waals surface area contributed by atoms with Crippen molar-refractivity contribution < 1.29 is 9.13 Å². The number of nitrogens with one attached hydrogen (secondary N) is 1. The summed E-state index contributed by atoms with van der Waals surface area (Å²) in [6.07, 6.45) is 3.95. The average Bonchev–Trinajstić information content (AvgIpc) is 2.63. The summed E-state index contributed by atoms with van der Waals surface area (Å²) in [5.74, 6) is -0.607. The first-order chi connectivity index (χ1) is 11.6. The zero-order valence-corrected chi connectivity index (χ0v) is 13.0. The van der Waals surface area contributed by atoms with Crippen molar-refractivity contribution in [1.82, 2.24) is 15.0 Å². The van der Waals surface area contributed by atoms with Crippen LogP contribution in [-0.4, -0.2) is 34.7 Å². The number of nitrogens with zero attached hydrogens (tertiary/aromatic N) is 4. The van der Waals surface area contributed by atoms with Crippen LogP contribution in [0.15, 0.2) is 24.5 Å².